The summed E-state index contributed by atoms with van der Waals surface area (Å²) in [5.41, 5.74) is 7.19. The third-order valence-corrected chi connectivity index (χ3v) is 3.13. The van der Waals surface area contributed by atoms with E-state index in [1.54, 1.807) is 26.1 Å². The summed E-state index contributed by atoms with van der Waals surface area (Å²) in [4.78, 5) is 25.1. The topological polar surface area (TPSA) is 72.6 Å². The monoisotopic (exact) mass is 278 g/mol. The first-order valence-corrected chi connectivity index (χ1v) is 6.62. The average molecular weight is 278 g/mol. The lowest BCUT2D eigenvalue weighted by Crippen LogP contribution is -2.34. The van der Waals surface area contributed by atoms with Crippen molar-refractivity contribution in [3.63, 3.8) is 0 Å². The molecule has 0 saturated heterocycles. The minimum absolute atomic E-state index is 0.111. The van der Waals surface area contributed by atoms with E-state index in [1.807, 2.05) is 12.1 Å². The molecule has 0 radical (unpaired) electrons. The van der Waals surface area contributed by atoms with Gasteiger partial charge in [-0.05, 0) is 30.7 Å². The van der Waals surface area contributed by atoms with Crippen LogP contribution in [0.5, 0.6) is 0 Å². The molecule has 0 aromatic heterocycles. The van der Waals surface area contributed by atoms with Gasteiger partial charge in [0.15, 0.2) is 0 Å². The molecule has 0 spiro atoms. The van der Waals surface area contributed by atoms with Gasteiger partial charge in [-0.25, -0.2) is 0 Å². The number of nitrogens with zero attached hydrogens (tertiary/aromatic N) is 1. The van der Waals surface area contributed by atoms with Gasteiger partial charge < -0.3 is 15.4 Å². The number of nitrogens with two attached hydrogens (primary N) is 1. The summed E-state index contributed by atoms with van der Waals surface area (Å²) < 4.78 is 4.65. The molecule has 0 saturated carbocycles. The lowest BCUT2D eigenvalue weighted by Gasteiger charge is -2.20. The number of amides is 1. The fraction of sp³-hybridized carbons (Fsp3) is 0.467. The second-order valence-electron chi connectivity index (χ2n) is 4.85. The van der Waals surface area contributed by atoms with Crippen molar-refractivity contribution in [2.45, 2.75) is 13.3 Å². The molecule has 0 fully saturated rings. The molecular weight excluding hydrogens is 256 g/mol. The Kier molecular flexibility index (Phi) is 6.18. The smallest absolute Gasteiger partial charge is 0.310 e. The van der Waals surface area contributed by atoms with Crippen LogP contribution in [0.1, 0.15) is 22.8 Å². The molecule has 5 nitrogen and oxygen atoms in total. The van der Waals surface area contributed by atoms with Crippen LogP contribution in [0.25, 0.3) is 0 Å². The summed E-state index contributed by atoms with van der Waals surface area (Å²) in [7, 11) is 3.02. The van der Waals surface area contributed by atoms with Gasteiger partial charge in [-0.3, -0.25) is 9.59 Å². The van der Waals surface area contributed by atoms with Gasteiger partial charge in [-0.15, -0.1) is 0 Å². The van der Waals surface area contributed by atoms with Gasteiger partial charge in [0.1, 0.15) is 0 Å². The van der Waals surface area contributed by atoms with Gasteiger partial charge in [-0.1, -0.05) is 19.1 Å². The summed E-state index contributed by atoms with van der Waals surface area (Å²) in [5, 5.41) is 0. The fourth-order valence-electron chi connectivity index (χ4n) is 1.97. The molecule has 0 heterocycles. The maximum Gasteiger partial charge on any atom is 0.310 e. The van der Waals surface area contributed by atoms with Gasteiger partial charge in [0.05, 0.1) is 13.0 Å². The molecule has 1 aromatic carbocycles. The molecule has 0 aliphatic carbocycles. The predicted octanol–water partition coefficient (Wildman–Crippen LogP) is 1.07. The Labute approximate surface area is 119 Å². The SMILES string of the molecule is COC(=O)C(C)CN(C)C(=O)c1ccc(CCN)cc1. The molecule has 0 aliphatic heterocycles. The third-order valence-electron chi connectivity index (χ3n) is 3.13. The normalized spacial score (nSPS) is 11.8. The van der Waals surface area contributed by atoms with Crippen LogP contribution in [0.15, 0.2) is 24.3 Å². The second kappa shape index (κ2) is 7.65. The standard InChI is InChI=1S/C15H22N2O3/c1-11(15(19)20-3)10-17(2)14(18)13-6-4-12(5-7-13)8-9-16/h4-7,11H,8-10,16H2,1-3H3. The Hall–Kier alpha value is -1.88. The molecule has 1 aromatic rings. The van der Waals surface area contributed by atoms with E-state index in [1.165, 1.54) is 12.0 Å². The van der Waals surface area contributed by atoms with Crippen LogP contribution in [-0.2, 0) is 16.0 Å². The van der Waals surface area contributed by atoms with E-state index in [2.05, 4.69) is 4.74 Å². The van der Waals surface area contributed by atoms with Gasteiger partial charge >= 0.3 is 5.97 Å². The number of hydrogen-bond donors (Lipinski definition) is 1. The molecule has 1 amide bonds. The van der Waals surface area contributed by atoms with Crippen molar-refractivity contribution < 1.29 is 14.3 Å². The average Bonchev–Trinajstić information content (AvgIpc) is 2.46. The molecule has 0 aliphatic rings. The van der Waals surface area contributed by atoms with Crippen molar-refractivity contribution in [2.75, 3.05) is 27.2 Å². The molecule has 2 N–H and O–H groups in total. The maximum atomic E-state index is 12.2. The fourth-order valence-corrected chi connectivity index (χ4v) is 1.97. The first-order chi connectivity index (χ1) is 9.49. The highest BCUT2D eigenvalue weighted by Crippen LogP contribution is 2.09. The summed E-state index contributed by atoms with van der Waals surface area (Å²) in [5.74, 6) is -0.770. The Bertz CT molecular complexity index is 457. The maximum absolute atomic E-state index is 12.2. The summed E-state index contributed by atoms with van der Waals surface area (Å²) in [6, 6.07) is 7.37. The second-order valence-corrected chi connectivity index (χ2v) is 4.85. The van der Waals surface area contributed by atoms with Crippen LogP contribution >= 0.6 is 0 Å². The number of hydrogen-bond acceptors (Lipinski definition) is 4. The molecule has 5 heteroatoms. The number of benzene rings is 1. The van der Waals surface area contributed by atoms with Gasteiger partial charge in [0, 0.05) is 19.2 Å². The van der Waals surface area contributed by atoms with E-state index in [4.69, 9.17) is 5.73 Å². The van der Waals surface area contributed by atoms with Crippen LogP contribution < -0.4 is 5.73 Å². The van der Waals surface area contributed by atoms with Crippen LogP contribution in [0.4, 0.5) is 0 Å². The first kappa shape index (κ1) is 16.2. The first-order valence-electron chi connectivity index (χ1n) is 6.62. The van der Waals surface area contributed by atoms with Crippen LogP contribution in [0.2, 0.25) is 0 Å². The van der Waals surface area contributed by atoms with E-state index >= 15 is 0 Å². The Morgan fingerprint density at radius 1 is 1.30 bits per heavy atom. The van der Waals surface area contributed by atoms with Crippen molar-refractivity contribution in [3.05, 3.63) is 35.4 Å². The largest absolute Gasteiger partial charge is 0.469 e. The molecule has 1 atom stereocenters. The quantitative estimate of drug-likeness (QED) is 0.790. The highest BCUT2D eigenvalue weighted by atomic mass is 16.5. The summed E-state index contributed by atoms with van der Waals surface area (Å²) in [6.07, 6.45) is 0.795. The van der Waals surface area contributed by atoms with E-state index < -0.39 is 0 Å². The predicted molar refractivity (Wildman–Crippen MR) is 77.3 cm³/mol. The molecule has 1 unspecified atom stereocenters. The van der Waals surface area contributed by atoms with Crippen LogP contribution in [0.3, 0.4) is 0 Å². The van der Waals surface area contributed by atoms with Crippen molar-refractivity contribution in [1.82, 2.24) is 4.90 Å². The zero-order valence-corrected chi connectivity index (χ0v) is 12.3. The highest BCUT2D eigenvalue weighted by molar-refractivity contribution is 5.94. The zero-order valence-electron chi connectivity index (χ0n) is 12.3. The number of carbonyl (C=O) groups excluding carboxylic acids is 2. The Morgan fingerprint density at radius 2 is 1.90 bits per heavy atom. The van der Waals surface area contributed by atoms with Crippen LogP contribution in [0, 0.1) is 5.92 Å². The molecule has 20 heavy (non-hydrogen) atoms. The van der Waals surface area contributed by atoms with E-state index in [0.29, 0.717) is 18.7 Å². The Balaban J connectivity index is 2.66. The number of rotatable bonds is 6. The van der Waals surface area contributed by atoms with E-state index in [-0.39, 0.29) is 17.8 Å². The van der Waals surface area contributed by atoms with Crippen molar-refractivity contribution in [2.24, 2.45) is 11.7 Å². The number of methoxy groups -OCH3 is 1. The molecular formula is C15H22N2O3. The van der Waals surface area contributed by atoms with E-state index in [9.17, 15) is 9.59 Å². The Morgan fingerprint density at radius 3 is 2.40 bits per heavy atom. The zero-order chi connectivity index (χ0) is 15.1. The minimum atomic E-state index is -0.342. The van der Waals surface area contributed by atoms with Gasteiger partial charge in [0.2, 0.25) is 0 Å². The molecule has 1 rings (SSSR count). The minimum Gasteiger partial charge on any atom is -0.469 e. The summed E-state index contributed by atoms with van der Waals surface area (Å²) in [6.45, 7) is 2.65. The van der Waals surface area contributed by atoms with Gasteiger partial charge in [0.25, 0.3) is 5.91 Å². The van der Waals surface area contributed by atoms with Gasteiger partial charge in [-0.2, -0.15) is 0 Å². The molecule has 110 valence electrons. The van der Waals surface area contributed by atoms with Crippen LogP contribution in [-0.4, -0.2) is 44.0 Å². The van der Waals surface area contributed by atoms with Crippen molar-refractivity contribution in [1.29, 1.82) is 0 Å². The molecule has 0 bridgehead atoms. The van der Waals surface area contributed by atoms with Crippen molar-refractivity contribution >= 4 is 11.9 Å². The third kappa shape index (κ3) is 4.35. The number of ether oxygens (including phenoxy) is 1. The van der Waals surface area contributed by atoms with E-state index in [0.717, 1.165) is 12.0 Å². The highest BCUT2D eigenvalue weighted by Gasteiger charge is 2.19. The lowest BCUT2D eigenvalue weighted by molar-refractivity contribution is -0.145. The summed E-state index contributed by atoms with van der Waals surface area (Å²) >= 11 is 0. The lowest BCUT2D eigenvalue weighted by atomic mass is 10.1. The number of carbonyl (C=O) groups is 2. The number of esters is 1. The van der Waals surface area contributed by atoms with Crippen molar-refractivity contribution in [3.8, 4) is 0 Å².